The first kappa shape index (κ1) is 13.4. The van der Waals surface area contributed by atoms with Crippen molar-refractivity contribution in [3.8, 4) is 0 Å². The molecule has 2 aromatic rings. The maximum absolute atomic E-state index is 4.22. The van der Waals surface area contributed by atoms with Gasteiger partial charge in [-0.1, -0.05) is 25.5 Å². The van der Waals surface area contributed by atoms with Crippen LogP contribution in [-0.4, -0.2) is 11.5 Å². The zero-order chi connectivity index (χ0) is 13.5. The highest BCUT2D eigenvalue weighted by atomic mass is 14.9. The van der Waals surface area contributed by atoms with Crippen LogP contribution in [0.2, 0.25) is 0 Å². The number of rotatable bonds is 6. The number of aromatic nitrogens is 1. The number of aryl methyl sites for hydroxylation is 1. The molecular formula is C16H21N3. The number of nitrogens with one attached hydrogen (secondary N) is 2. The van der Waals surface area contributed by atoms with Gasteiger partial charge in [0.05, 0.1) is 23.8 Å². The van der Waals surface area contributed by atoms with Crippen LogP contribution in [0.5, 0.6) is 0 Å². The van der Waals surface area contributed by atoms with Crippen LogP contribution in [-0.2, 0) is 6.42 Å². The van der Waals surface area contributed by atoms with E-state index in [1.807, 2.05) is 12.4 Å². The van der Waals surface area contributed by atoms with Crippen LogP contribution in [0.4, 0.5) is 17.1 Å². The Bertz CT molecular complexity index is 506. The van der Waals surface area contributed by atoms with E-state index >= 15 is 0 Å². The minimum atomic E-state index is 0.900. The molecule has 19 heavy (non-hydrogen) atoms. The number of hydrogen-bond donors (Lipinski definition) is 2. The molecule has 1 aromatic heterocycles. The maximum atomic E-state index is 4.22. The Morgan fingerprint density at radius 2 is 1.68 bits per heavy atom. The highest BCUT2D eigenvalue weighted by Crippen LogP contribution is 2.19. The Morgan fingerprint density at radius 1 is 0.947 bits per heavy atom. The van der Waals surface area contributed by atoms with Crippen molar-refractivity contribution in [2.45, 2.75) is 26.7 Å². The van der Waals surface area contributed by atoms with E-state index in [0.29, 0.717) is 0 Å². The molecule has 1 heterocycles. The minimum Gasteiger partial charge on any atom is -0.384 e. The molecule has 100 valence electrons. The van der Waals surface area contributed by atoms with Gasteiger partial charge in [-0.2, -0.15) is 0 Å². The molecule has 3 nitrogen and oxygen atoms in total. The van der Waals surface area contributed by atoms with Crippen molar-refractivity contribution in [3.63, 3.8) is 0 Å². The molecule has 0 atom stereocenters. The summed E-state index contributed by atoms with van der Waals surface area (Å²) in [6.45, 7) is 5.17. The molecule has 0 aliphatic heterocycles. The molecule has 2 N–H and O–H groups in total. The quantitative estimate of drug-likeness (QED) is 0.812. The third-order valence-electron chi connectivity index (χ3n) is 2.90. The maximum Gasteiger partial charge on any atom is 0.0591 e. The van der Waals surface area contributed by atoms with Gasteiger partial charge >= 0.3 is 0 Å². The smallest absolute Gasteiger partial charge is 0.0591 e. The topological polar surface area (TPSA) is 37.0 Å². The van der Waals surface area contributed by atoms with Crippen molar-refractivity contribution >= 4 is 17.1 Å². The zero-order valence-corrected chi connectivity index (χ0v) is 11.6. The third-order valence-corrected chi connectivity index (χ3v) is 2.90. The summed E-state index contributed by atoms with van der Waals surface area (Å²) in [4.78, 5) is 4.22. The summed E-state index contributed by atoms with van der Waals surface area (Å²) in [5.74, 6) is 0. The van der Waals surface area contributed by atoms with Gasteiger partial charge in [-0.05, 0) is 37.1 Å². The second-order valence-electron chi connectivity index (χ2n) is 4.56. The fourth-order valence-corrected chi connectivity index (χ4v) is 2.02. The Morgan fingerprint density at radius 3 is 2.37 bits per heavy atom. The molecule has 0 fully saturated rings. The fraction of sp³-hybridized carbons (Fsp3) is 0.312. The Balaban J connectivity index is 2.05. The van der Waals surface area contributed by atoms with Crippen LogP contribution < -0.4 is 10.6 Å². The van der Waals surface area contributed by atoms with Crippen LogP contribution in [0.15, 0.2) is 42.7 Å². The van der Waals surface area contributed by atoms with Crippen LogP contribution in [0.25, 0.3) is 0 Å². The molecule has 0 unspecified atom stereocenters. The summed E-state index contributed by atoms with van der Waals surface area (Å²) in [5.41, 5.74) is 4.51. The molecule has 0 radical (unpaired) electrons. The van der Waals surface area contributed by atoms with E-state index in [1.54, 1.807) is 0 Å². The molecule has 1 aromatic carbocycles. The second kappa shape index (κ2) is 6.78. The number of hydrogen-bond acceptors (Lipinski definition) is 3. The average molecular weight is 255 g/mol. The normalized spacial score (nSPS) is 10.2. The summed E-state index contributed by atoms with van der Waals surface area (Å²) >= 11 is 0. The van der Waals surface area contributed by atoms with Gasteiger partial charge < -0.3 is 10.6 Å². The van der Waals surface area contributed by atoms with Gasteiger partial charge in [0.1, 0.15) is 0 Å². The van der Waals surface area contributed by atoms with E-state index in [-0.39, 0.29) is 0 Å². The average Bonchev–Trinajstić information content (AvgIpc) is 2.42. The lowest BCUT2D eigenvalue weighted by Gasteiger charge is -2.09. The summed E-state index contributed by atoms with van der Waals surface area (Å²) in [7, 11) is 0. The van der Waals surface area contributed by atoms with E-state index in [9.17, 15) is 0 Å². The van der Waals surface area contributed by atoms with E-state index in [0.717, 1.165) is 30.0 Å². The van der Waals surface area contributed by atoms with Crippen molar-refractivity contribution in [3.05, 3.63) is 48.3 Å². The third kappa shape index (κ3) is 3.98. The first-order valence-electron chi connectivity index (χ1n) is 6.86. The SMILES string of the molecule is CCCc1ccc(Nc2cncc(NCC)c2)cc1. The predicted molar refractivity (Wildman–Crippen MR) is 82.1 cm³/mol. The van der Waals surface area contributed by atoms with Gasteiger partial charge in [0.2, 0.25) is 0 Å². The number of benzene rings is 1. The fourth-order valence-electron chi connectivity index (χ4n) is 2.02. The molecule has 0 saturated carbocycles. The highest BCUT2D eigenvalue weighted by Gasteiger charge is 1.98. The standard InChI is InChI=1S/C16H21N3/c1-3-5-13-6-8-14(9-7-13)19-16-10-15(18-4-2)11-17-12-16/h6-12,18-19H,3-5H2,1-2H3. The first-order valence-corrected chi connectivity index (χ1v) is 6.86. The molecule has 0 aliphatic carbocycles. The van der Waals surface area contributed by atoms with Crippen molar-refractivity contribution in [2.75, 3.05) is 17.2 Å². The predicted octanol–water partition coefficient (Wildman–Crippen LogP) is 4.21. The number of pyridine rings is 1. The second-order valence-corrected chi connectivity index (χ2v) is 4.56. The molecule has 0 amide bonds. The lowest BCUT2D eigenvalue weighted by molar-refractivity contribution is 0.922. The van der Waals surface area contributed by atoms with Gasteiger partial charge in [-0.3, -0.25) is 4.98 Å². The van der Waals surface area contributed by atoms with Crippen LogP contribution in [0.3, 0.4) is 0 Å². The van der Waals surface area contributed by atoms with Crippen molar-refractivity contribution in [2.24, 2.45) is 0 Å². The van der Waals surface area contributed by atoms with E-state index in [1.165, 1.54) is 12.0 Å². The molecule has 0 spiro atoms. The Hall–Kier alpha value is -2.03. The number of anilines is 3. The zero-order valence-electron chi connectivity index (χ0n) is 11.6. The van der Waals surface area contributed by atoms with Gasteiger partial charge in [0.15, 0.2) is 0 Å². The minimum absolute atomic E-state index is 0.900. The molecule has 0 bridgehead atoms. The Labute approximate surface area is 115 Å². The van der Waals surface area contributed by atoms with Gasteiger partial charge in [-0.25, -0.2) is 0 Å². The molecular weight excluding hydrogens is 234 g/mol. The summed E-state index contributed by atoms with van der Waals surface area (Å²) in [6.07, 6.45) is 5.99. The van der Waals surface area contributed by atoms with Crippen LogP contribution in [0, 0.1) is 0 Å². The molecule has 2 rings (SSSR count). The van der Waals surface area contributed by atoms with Crippen molar-refractivity contribution in [1.29, 1.82) is 0 Å². The highest BCUT2D eigenvalue weighted by molar-refractivity contribution is 5.63. The monoisotopic (exact) mass is 255 g/mol. The van der Waals surface area contributed by atoms with E-state index in [4.69, 9.17) is 0 Å². The first-order chi connectivity index (χ1) is 9.31. The summed E-state index contributed by atoms with van der Waals surface area (Å²) in [5, 5.41) is 6.63. The van der Waals surface area contributed by atoms with Crippen molar-refractivity contribution in [1.82, 2.24) is 4.98 Å². The van der Waals surface area contributed by atoms with Crippen LogP contribution in [0.1, 0.15) is 25.8 Å². The van der Waals surface area contributed by atoms with E-state index in [2.05, 4.69) is 59.8 Å². The summed E-state index contributed by atoms with van der Waals surface area (Å²) < 4.78 is 0. The molecule has 0 aliphatic rings. The number of nitrogens with zero attached hydrogens (tertiary/aromatic N) is 1. The molecule has 0 saturated heterocycles. The molecule has 3 heteroatoms. The van der Waals surface area contributed by atoms with Gasteiger partial charge in [0, 0.05) is 12.2 Å². The van der Waals surface area contributed by atoms with Gasteiger partial charge in [0.25, 0.3) is 0 Å². The Kier molecular flexibility index (Phi) is 4.78. The lowest BCUT2D eigenvalue weighted by Crippen LogP contribution is -1.98. The van der Waals surface area contributed by atoms with Gasteiger partial charge in [-0.15, -0.1) is 0 Å². The van der Waals surface area contributed by atoms with E-state index < -0.39 is 0 Å². The van der Waals surface area contributed by atoms with Crippen LogP contribution >= 0.6 is 0 Å². The summed E-state index contributed by atoms with van der Waals surface area (Å²) in [6, 6.07) is 10.6. The van der Waals surface area contributed by atoms with Crippen molar-refractivity contribution < 1.29 is 0 Å². The largest absolute Gasteiger partial charge is 0.384 e. The lowest BCUT2D eigenvalue weighted by atomic mass is 10.1.